The van der Waals surface area contributed by atoms with Crippen molar-refractivity contribution in [3.05, 3.63) is 68.7 Å². The zero-order valence-electron chi connectivity index (χ0n) is 16.3. The molecule has 0 aliphatic heterocycles. The minimum atomic E-state index is -3.81. The molecule has 2 aromatic carbocycles. The van der Waals surface area contributed by atoms with Crippen LogP contribution in [-0.2, 0) is 10.0 Å². The van der Waals surface area contributed by atoms with E-state index in [1.807, 2.05) is 6.92 Å². The third-order valence-corrected chi connectivity index (χ3v) is 7.47. The van der Waals surface area contributed by atoms with Crippen LogP contribution in [0.2, 0.25) is 5.02 Å². The van der Waals surface area contributed by atoms with E-state index in [4.69, 9.17) is 11.6 Å². The molecule has 0 saturated carbocycles. The number of thiazole rings is 1. The Balaban J connectivity index is 1.84. The Morgan fingerprint density at radius 3 is 2.52 bits per heavy atom. The van der Waals surface area contributed by atoms with Gasteiger partial charge in [-0.1, -0.05) is 46.7 Å². The highest BCUT2D eigenvalue weighted by molar-refractivity contribution is 7.93. The largest absolute Gasteiger partial charge is 0.321 e. The molecule has 0 aliphatic rings. The van der Waals surface area contributed by atoms with Gasteiger partial charge in [-0.25, -0.2) is 13.4 Å². The molecule has 9 heteroatoms. The molecule has 3 aromatic rings. The lowest BCUT2D eigenvalue weighted by molar-refractivity contribution is 0.102. The zero-order chi connectivity index (χ0) is 21.3. The van der Waals surface area contributed by atoms with Crippen molar-refractivity contribution in [2.75, 3.05) is 10.0 Å². The van der Waals surface area contributed by atoms with Gasteiger partial charge < -0.3 is 5.32 Å². The molecule has 0 saturated heterocycles. The maximum Gasteiger partial charge on any atom is 0.267 e. The van der Waals surface area contributed by atoms with Crippen LogP contribution >= 0.6 is 22.9 Å². The Morgan fingerprint density at radius 1 is 1.10 bits per heavy atom. The van der Waals surface area contributed by atoms with Crippen LogP contribution in [0.4, 0.5) is 10.8 Å². The zero-order valence-corrected chi connectivity index (χ0v) is 18.7. The van der Waals surface area contributed by atoms with Gasteiger partial charge in [0.2, 0.25) is 0 Å². The topological polar surface area (TPSA) is 88.2 Å². The summed E-state index contributed by atoms with van der Waals surface area (Å²) in [5.41, 5.74) is 3.39. The third-order valence-electron chi connectivity index (χ3n) is 4.36. The van der Waals surface area contributed by atoms with Crippen LogP contribution in [0.5, 0.6) is 0 Å². The number of hydrogen-bond donors (Lipinski definition) is 2. The number of carbonyl (C=O) groups is 1. The number of benzene rings is 2. The maximum absolute atomic E-state index is 12.7. The van der Waals surface area contributed by atoms with Crippen LogP contribution in [0.15, 0.2) is 41.3 Å². The molecule has 29 heavy (non-hydrogen) atoms. The van der Waals surface area contributed by atoms with Gasteiger partial charge in [0.05, 0.1) is 10.6 Å². The van der Waals surface area contributed by atoms with E-state index in [9.17, 15) is 13.2 Å². The molecule has 0 radical (unpaired) electrons. The van der Waals surface area contributed by atoms with E-state index in [1.165, 1.54) is 0 Å². The van der Waals surface area contributed by atoms with Crippen molar-refractivity contribution in [1.29, 1.82) is 0 Å². The van der Waals surface area contributed by atoms with Crippen molar-refractivity contribution in [2.24, 2.45) is 0 Å². The Kier molecular flexibility index (Phi) is 5.97. The molecular formula is C20H20ClN3O3S2. The van der Waals surface area contributed by atoms with Crippen LogP contribution in [0.1, 0.15) is 32.1 Å². The second kappa shape index (κ2) is 8.14. The second-order valence-corrected chi connectivity index (χ2v) is 9.73. The number of nitrogens with zero attached hydrogens (tertiary/aromatic N) is 1. The van der Waals surface area contributed by atoms with Gasteiger partial charge in [0.1, 0.15) is 4.88 Å². The van der Waals surface area contributed by atoms with E-state index in [2.05, 4.69) is 15.0 Å². The molecule has 1 amide bonds. The summed E-state index contributed by atoms with van der Waals surface area (Å²) in [4.78, 5) is 17.4. The fourth-order valence-corrected chi connectivity index (χ4v) is 5.34. The lowest BCUT2D eigenvalue weighted by Gasteiger charge is -2.09. The number of hydrogen-bond acceptors (Lipinski definition) is 5. The molecule has 0 fully saturated rings. The summed E-state index contributed by atoms with van der Waals surface area (Å²) in [6.45, 7) is 7.10. The molecule has 0 bridgehead atoms. The van der Waals surface area contributed by atoms with Gasteiger partial charge in [-0.3, -0.25) is 9.52 Å². The Bertz CT molecular complexity index is 1200. The van der Waals surface area contributed by atoms with Crippen LogP contribution in [-0.4, -0.2) is 19.3 Å². The van der Waals surface area contributed by atoms with E-state index in [0.29, 0.717) is 26.8 Å². The first-order valence-electron chi connectivity index (χ1n) is 8.72. The van der Waals surface area contributed by atoms with E-state index < -0.39 is 10.0 Å². The Morgan fingerprint density at radius 2 is 1.83 bits per heavy atom. The maximum atomic E-state index is 12.7. The van der Waals surface area contributed by atoms with Crippen LogP contribution in [0.3, 0.4) is 0 Å². The van der Waals surface area contributed by atoms with E-state index in [0.717, 1.165) is 22.5 Å². The average Bonchev–Trinajstić information content (AvgIpc) is 2.98. The predicted molar refractivity (Wildman–Crippen MR) is 118 cm³/mol. The van der Waals surface area contributed by atoms with Gasteiger partial charge in [-0.05, 0) is 57.0 Å². The summed E-state index contributed by atoms with van der Waals surface area (Å²) in [7, 11) is -3.81. The number of nitrogens with one attached hydrogen (secondary N) is 2. The van der Waals surface area contributed by atoms with Crippen molar-refractivity contribution in [1.82, 2.24) is 4.98 Å². The summed E-state index contributed by atoms with van der Waals surface area (Å²) in [6, 6.07) is 10.3. The number of carbonyl (C=O) groups excluding carboxylic acids is 1. The summed E-state index contributed by atoms with van der Waals surface area (Å²) >= 11 is 7.08. The smallest absolute Gasteiger partial charge is 0.267 e. The van der Waals surface area contributed by atoms with Crippen molar-refractivity contribution in [2.45, 2.75) is 32.6 Å². The van der Waals surface area contributed by atoms with Crippen molar-refractivity contribution < 1.29 is 13.2 Å². The number of halogens is 1. The van der Waals surface area contributed by atoms with Gasteiger partial charge in [-0.2, -0.15) is 0 Å². The standard InChI is InChI=1S/C20H20ClN3O3S2/c1-11-8-9-17(12(2)10-11)29(26,27)24-20-22-14(4)18(28-20)19(25)23-16-7-5-6-15(21)13(16)3/h5-10H,1-4H3,(H,22,24)(H,23,25). The highest BCUT2D eigenvalue weighted by Gasteiger charge is 2.22. The fraction of sp³-hybridized carbons (Fsp3) is 0.200. The molecule has 3 rings (SSSR count). The number of aryl methyl sites for hydroxylation is 3. The highest BCUT2D eigenvalue weighted by Crippen LogP contribution is 2.28. The van der Waals surface area contributed by atoms with Crippen LogP contribution < -0.4 is 10.0 Å². The summed E-state index contributed by atoms with van der Waals surface area (Å²) in [5.74, 6) is -0.373. The summed E-state index contributed by atoms with van der Waals surface area (Å²) < 4.78 is 27.9. The molecule has 2 N–H and O–H groups in total. The molecule has 0 atom stereocenters. The molecule has 0 spiro atoms. The quantitative estimate of drug-likeness (QED) is 0.568. The van der Waals surface area contributed by atoms with Crippen LogP contribution in [0.25, 0.3) is 0 Å². The van der Waals surface area contributed by atoms with E-state index in [-0.39, 0.29) is 15.9 Å². The normalized spacial score (nSPS) is 11.3. The first kappa shape index (κ1) is 21.3. The van der Waals surface area contributed by atoms with Gasteiger partial charge in [0.25, 0.3) is 15.9 Å². The minimum Gasteiger partial charge on any atom is -0.321 e. The summed E-state index contributed by atoms with van der Waals surface area (Å²) in [5, 5.41) is 3.48. The molecule has 1 aromatic heterocycles. The van der Waals surface area contributed by atoms with Gasteiger partial charge >= 0.3 is 0 Å². The predicted octanol–water partition coefficient (Wildman–Crippen LogP) is 5.08. The number of amides is 1. The lowest BCUT2D eigenvalue weighted by atomic mass is 10.2. The summed E-state index contributed by atoms with van der Waals surface area (Å²) in [6.07, 6.45) is 0. The van der Waals surface area contributed by atoms with E-state index in [1.54, 1.807) is 57.2 Å². The third kappa shape index (κ3) is 4.60. The molecule has 0 aliphatic carbocycles. The van der Waals surface area contributed by atoms with Crippen molar-refractivity contribution >= 4 is 49.7 Å². The fourth-order valence-electron chi connectivity index (χ4n) is 2.84. The number of aromatic nitrogens is 1. The second-order valence-electron chi connectivity index (χ2n) is 6.67. The molecule has 0 unspecified atom stereocenters. The van der Waals surface area contributed by atoms with E-state index >= 15 is 0 Å². The molecule has 1 heterocycles. The molecule has 6 nitrogen and oxygen atoms in total. The van der Waals surface area contributed by atoms with Gasteiger partial charge in [0.15, 0.2) is 5.13 Å². The molecule has 152 valence electrons. The molecular weight excluding hydrogens is 430 g/mol. The minimum absolute atomic E-state index is 0.135. The highest BCUT2D eigenvalue weighted by atomic mass is 35.5. The van der Waals surface area contributed by atoms with Crippen LogP contribution in [0, 0.1) is 27.7 Å². The van der Waals surface area contributed by atoms with Crippen molar-refractivity contribution in [3.8, 4) is 0 Å². The van der Waals surface area contributed by atoms with Crippen molar-refractivity contribution in [3.63, 3.8) is 0 Å². The Labute approximate surface area is 179 Å². The number of sulfonamides is 1. The lowest BCUT2D eigenvalue weighted by Crippen LogP contribution is -2.14. The first-order chi connectivity index (χ1) is 13.6. The number of rotatable bonds is 5. The Hall–Kier alpha value is -2.42. The SMILES string of the molecule is Cc1ccc(S(=O)(=O)Nc2nc(C)c(C(=O)Nc3cccc(Cl)c3C)s2)c(C)c1. The number of anilines is 2. The monoisotopic (exact) mass is 449 g/mol. The first-order valence-corrected chi connectivity index (χ1v) is 11.4. The average molecular weight is 450 g/mol. The van der Waals surface area contributed by atoms with Gasteiger partial charge in [0, 0.05) is 10.7 Å². The van der Waals surface area contributed by atoms with Gasteiger partial charge in [-0.15, -0.1) is 0 Å².